The number of thiophene rings is 1. The third-order valence-corrected chi connectivity index (χ3v) is 7.41. The van der Waals surface area contributed by atoms with E-state index in [0.29, 0.717) is 9.90 Å². The SMILES string of the molecule is CCn1c(CCc2cccc(NS(=O)(=O)c3cccs3)c2)nc2ccccc21. The van der Waals surface area contributed by atoms with Crippen LogP contribution in [0.4, 0.5) is 5.69 Å². The van der Waals surface area contributed by atoms with E-state index >= 15 is 0 Å². The van der Waals surface area contributed by atoms with Gasteiger partial charge in [-0.15, -0.1) is 11.3 Å². The third kappa shape index (κ3) is 3.81. The molecule has 0 aliphatic rings. The average molecular weight is 412 g/mol. The van der Waals surface area contributed by atoms with Crippen LogP contribution in [0.3, 0.4) is 0 Å². The fraction of sp³-hybridized carbons (Fsp3) is 0.190. The van der Waals surface area contributed by atoms with Crippen molar-refractivity contribution in [1.82, 2.24) is 9.55 Å². The molecule has 1 N–H and O–H groups in total. The number of nitrogens with one attached hydrogen (secondary N) is 1. The van der Waals surface area contributed by atoms with Crippen LogP contribution >= 0.6 is 11.3 Å². The predicted octanol–water partition coefficient (Wildman–Crippen LogP) is 4.70. The smallest absolute Gasteiger partial charge is 0.271 e. The van der Waals surface area contributed by atoms with E-state index in [9.17, 15) is 8.42 Å². The van der Waals surface area contributed by atoms with Gasteiger partial charge in [-0.05, 0) is 54.6 Å². The van der Waals surface area contributed by atoms with E-state index in [1.54, 1.807) is 23.6 Å². The van der Waals surface area contributed by atoms with Crippen molar-refractivity contribution in [2.24, 2.45) is 0 Å². The van der Waals surface area contributed by atoms with Crippen LogP contribution in [0.1, 0.15) is 18.3 Å². The quantitative estimate of drug-likeness (QED) is 0.479. The molecular formula is C21H21N3O2S2. The minimum absolute atomic E-state index is 0.314. The molecule has 28 heavy (non-hydrogen) atoms. The van der Waals surface area contributed by atoms with Gasteiger partial charge >= 0.3 is 0 Å². The van der Waals surface area contributed by atoms with E-state index in [4.69, 9.17) is 4.98 Å². The monoisotopic (exact) mass is 411 g/mol. The van der Waals surface area contributed by atoms with Crippen molar-refractivity contribution >= 4 is 38.1 Å². The molecule has 0 aliphatic heterocycles. The molecule has 4 rings (SSSR count). The zero-order valence-corrected chi connectivity index (χ0v) is 17.1. The molecule has 0 atom stereocenters. The first-order chi connectivity index (χ1) is 13.6. The number of aromatic nitrogens is 2. The number of hydrogen-bond acceptors (Lipinski definition) is 4. The third-order valence-electron chi connectivity index (χ3n) is 4.63. The van der Waals surface area contributed by atoms with Crippen molar-refractivity contribution in [3.05, 3.63) is 77.4 Å². The molecule has 144 valence electrons. The number of imidazole rings is 1. The molecule has 2 aromatic carbocycles. The molecule has 0 fully saturated rings. The molecule has 0 bridgehead atoms. The number of para-hydroxylation sites is 2. The molecule has 0 aliphatic carbocycles. The summed E-state index contributed by atoms with van der Waals surface area (Å²) < 4.78 is 30.1. The summed E-state index contributed by atoms with van der Waals surface area (Å²) in [7, 11) is -3.53. The highest BCUT2D eigenvalue weighted by molar-refractivity contribution is 7.94. The van der Waals surface area contributed by atoms with Crippen molar-refractivity contribution in [3.8, 4) is 0 Å². The summed E-state index contributed by atoms with van der Waals surface area (Å²) in [4.78, 5) is 4.77. The molecule has 0 saturated heterocycles. The van der Waals surface area contributed by atoms with Gasteiger partial charge in [0.15, 0.2) is 0 Å². The minimum Gasteiger partial charge on any atom is -0.328 e. The molecular weight excluding hydrogens is 390 g/mol. The maximum absolute atomic E-state index is 12.4. The lowest BCUT2D eigenvalue weighted by Crippen LogP contribution is -2.11. The van der Waals surface area contributed by atoms with Gasteiger partial charge in [-0.1, -0.05) is 30.3 Å². The van der Waals surface area contributed by atoms with Crippen LogP contribution in [0, 0.1) is 0 Å². The first kappa shape index (κ1) is 18.7. The molecule has 0 saturated carbocycles. The summed E-state index contributed by atoms with van der Waals surface area (Å²) in [5, 5.41) is 1.75. The van der Waals surface area contributed by atoms with Crippen LogP contribution < -0.4 is 4.72 Å². The predicted molar refractivity (Wildman–Crippen MR) is 114 cm³/mol. The van der Waals surface area contributed by atoms with E-state index in [1.807, 2.05) is 36.4 Å². The lowest BCUT2D eigenvalue weighted by molar-refractivity contribution is 0.603. The van der Waals surface area contributed by atoms with Gasteiger partial charge in [0.05, 0.1) is 11.0 Å². The molecule has 0 radical (unpaired) electrons. The lowest BCUT2D eigenvalue weighted by Gasteiger charge is -2.09. The largest absolute Gasteiger partial charge is 0.328 e. The summed E-state index contributed by atoms with van der Waals surface area (Å²) in [5.41, 5.74) is 3.81. The number of aryl methyl sites for hydroxylation is 3. The number of fused-ring (bicyclic) bond motifs is 1. The highest BCUT2D eigenvalue weighted by Crippen LogP contribution is 2.22. The Morgan fingerprint density at radius 2 is 1.89 bits per heavy atom. The van der Waals surface area contributed by atoms with Crippen LogP contribution in [0.25, 0.3) is 11.0 Å². The van der Waals surface area contributed by atoms with Gasteiger partial charge in [0, 0.05) is 18.7 Å². The van der Waals surface area contributed by atoms with Gasteiger partial charge in [0.25, 0.3) is 10.0 Å². The van der Waals surface area contributed by atoms with Crippen molar-refractivity contribution in [2.45, 2.75) is 30.5 Å². The number of benzene rings is 2. The van der Waals surface area contributed by atoms with Gasteiger partial charge in [-0.2, -0.15) is 0 Å². The Labute approximate surface area is 168 Å². The Morgan fingerprint density at radius 1 is 1.04 bits per heavy atom. The molecule has 4 aromatic rings. The summed E-state index contributed by atoms with van der Waals surface area (Å²) in [5.74, 6) is 1.05. The Kier molecular flexibility index (Phi) is 5.19. The molecule has 2 heterocycles. The van der Waals surface area contributed by atoms with Crippen LogP contribution in [0.15, 0.2) is 70.3 Å². The van der Waals surface area contributed by atoms with Crippen molar-refractivity contribution in [3.63, 3.8) is 0 Å². The second kappa shape index (κ2) is 7.77. The number of anilines is 1. The molecule has 0 amide bonds. The Morgan fingerprint density at radius 3 is 2.68 bits per heavy atom. The number of nitrogens with zero attached hydrogens (tertiary/aromatic N) is 2. The minimum atomic E-state index is -3.53. The van der Waals surface area contributed by atoms with Crippen LogP contribution in [0.5, 0.6) is 0 Å². The highest BCUT2D eigenvalue weighted by atomic mass is 32.2. The van der Waals surface area contributed by atoms with Gasteiger partial charge in [0.1, 0.15) is 10.0 Å². The normalized spacial score (nSPS) is 11.8. The van der Waals surface area contributed by atoms with Gasteiger partial charge in [0.2, 0.25) is 0 Å². The van der Waals surface area contributed by atoms with Crippen molar-refractivity contribution in [1.29, 1.82) is 0 Å². The molecule has 2 aromatic heterocycles. The second-order valence-electron chi connectivity index (χ2n) is 6.50. The maximum atomic E-state index is 12.4. The topological polar surface area (TPSA) is 64.0 Å². The molecule has 0 spiro atoms. The Bertz CT molecular complexity index is 1200. The molecule has 7 heteroatoms. The number of sulfonamides is 1. The Hall–Kier alpha value is -2.64. The molecule has 0 unspecified atom stereocenters. The Balaban J connectivity index is 1.52. The van der Waals surface area contributed by atoms with Crippen LogP contribution in [-0.2, 0) is 29.4 Å². The van der Waals surface area contributed by atoms with Crippen molar-refractivity contribution in [2.75, 3.05) is 4.72 Å². The fourth-order valence-corrected chi connectivity index (χ4v) is 5.38. The van der Waals surface area contributed by atoms with Gasteiger partial charge in [-0.25, -0.2) is 13.4 Å². The standard InChI is InChI=1S/C21H21N3O2S2/c1-2-24-19-10-4-3-9-18(19)22-20(24)13-12-16-7-5-8-17(15-16)23-28(25,26)21-11-6-14-27-21/h3-11,14-15,23H,2,12-13H2,1H3. The summed E-state index contributed by atoms with van der Waals surface area (Å²) in [6.07, 6.45) is 1.58. The van der Waals surface area contributed by atoms with E-state index < -0.39 is 10.0 Å². The zero-order valence-electron chi connectivity index (χ0n) is 15.5. The summed E-state index contributed by atoms with van der Waals surface area (Å²) in [6, 6.07) is 19.1. The van der Waals surface area contributed by atoms with E-state index in [-0.39, 0.29) is 0 Å². The van der Waals surface area contributed by atoms with E-state index in [1.165, 1.54) is 11.3 Å². The van der Waals surface area contributed by atoms with Crippen molar-refractivity contribution < 1.29 is 8.42 Å². The molecule has 5 nitrogen and oxygen atoms in total. The van der Waals surface area contributed by atoms with Crippen LogP contribution in [-0.4, -0.2) is 18.0 Å². The lowest BCUT2D eigenvalue weighted by atomic mass is 10.1. The highest BCUT2D eigenvalue weighted by Gasteiger charge is 2.15. The first-order valence-electron chi connectivity index (χ1n) is 9.16. The number of rotatable bonds is 7. The van der Waals surface area contributed by atoms with E-state index in [0.717, 1.165) is 41.8 Å². The average Bonchev–Trinajstić information content (AvgIpc) is 3.34. The van der Waals surface area contributed by atoms with Gasteiger partial charge < -0.3 is 4.57 Å². The maximum Gasteiger partial charge on any atom is 0.271 e. The number of hydrogen-bond donors (Lipinski definition) is 1. The summed E-state index contributed by atoms with van der Waals surface area (Å²) >= 11 is 1.21. The second-order valence-corrected chi connectivity index (χ2v) is 9.36. The van der Waals surface area contributed by atoms with Gasteiger partial charge in [-0.3, -0.25) is 4.72 Å². The zero-order chi connectivity index (χ0) is 19.6. The summed E-state index contributed by atoms with van der Waals surface area (Å²) in [6.45, 7) is 2.99. The van der Waals surface area contributed by atoms with E-state index in [2.05, 4.69) is 22.3 Å². The fourth-order valence-electron chi connectivity index (χ4n) is 3.34. The van der Waals surface area contributed by atoms with Crippen LogP contribution in [0.2, 0.25) is 0 Å². The first-order valence-corrected chi connectivity index (χ1v) is 11.5.